The number of guanidine groups is 1. The Morgan fingerprint density at radius 2 is 1.87 bits per heavy atom. The van der Waals surface area contributed by atoms with Crippen molar-refractivity contribution in [3.05, 3.63) is 0 Å². The van der Waals surface area contributed by atoms with Gasteiger partial charge in [0.05, 0.1) is 6.54 Å². The number of halogens is 1. The van der Waals surface area contributed by atoms with Gasteiger partial charge in [0, 0.05) is 32.3 Å². The largest absolute Gasteiger partial charge is 0.381 e. The van der Waals surface area contributed by atoms with Crippen LogP contribution in [0.25, 0.3) is 0 Å². The Bertz CT molecular complexity index is 307. The fourth-order valence-corrected chi connectivity index (χ4v) is 2.47. The molecule has 0 heterocycles. The number of hydrogen-bond donors (Lipinski definition) is 2. The smallest absolute Gasteiger partial charge is 0.191 e. The van der Waals surface area contributed by atoms with Crippen LogP contribution in [0.3, 0.4) is 0 Å². The number of nitrogens with zero attached hydrogens (tertiary/aromatic N) is 2. The van der Waals surface area contributed by atoms with E-state index in [1.807, 2.05) is 0 Å². The Labute approximate surface area is 160 Å². The Balaban J connectivity index is 0.00000484. The molecular weight excluding hydrogens is 403 g/mol. The summed E-state index contributed by atoms with van der Waals surface area (Å²) in [4.78, 5) is 7.07. The van der Waals surface area contributed by atoms with Gasteiger partial charge in [0.25, 0.3) is 0 Å². The SMILES string of the molecule is CCCCOCCCNC(=NCC(C1CC1)N(C)C)NCC.I. The van der Waals surface area contributed by atoms with Crippen molar-refractivity contribution in [3.63, 3.8) is 0 Å². The highest BCUT2D eigenvalue weighted by Crippen LogP contribution is 2.34. The minimum atomic E-state index is 0. The predicted molar refractivity (Wildman–Crippen MR) is 110 cm³/mol. The van der Waals surface area contributed by atoms with Crippen LogP contribution in [0.15, 0.2) is 4.99 Å². The number of aliphatic imine (C=N–C) groups is 1. The average molecular weight is 440 g/mol. The molecule has 0 aromatic carbocycles. The lowest BCUT2D eigenvalue weighted by Gasteiger charge is -2.23. The summed E-state index contributed by atoms with van der Waals surface area (Å²) in [5, 5.41) is 6.73. The van der Waals surface area contributed by atoms with E-state index in [1.54, 1.807) is 0 Å². The van der Waals surface area contributed by atoms with Crippen LogP contribution in [0, 0.1) is 5.92 Å². The van der Waals surface area contributed by atoms with Crippen molar-refractivity contribution in [2.24, 2.45) is 10.9 Å². The van der Waals surface area contributed by atoms with Gasteiger partial charge in [-0.3, -0.25) is 4.99 Å². The quantitative estimate of drug-likeness (QED) is 0.212. The van der Waals surface area contributed by atoms with Gasteiger partial charge in [-0.05, 0) is 52.6 Å². The fourth-order valence-electron chi connectivity index (χ4n) is 2.47. The molecule has 0 bridgehead atoms. The monoisotopic (exact) mass is 440 g/mol. The van der Waals surface area contributed by atoms with E-state index in [1.165, 1.54) is 19.3 Å². The van der Waals surface area contributed by atoms with E-state index >= 15 is 0 Å². The van der Waals surface area contributed by atoms with Gasteiger partial charge in [0.15, 0.2) is 5.96 Å². The van der Waals surface area contributed by atoms with Crippen LogP contribution in [-0.2, 0) is 4.74 Å². The third-order valence-corrected chi connectivity index (χ3v) is 4.01. The summed E-state index contributed by atoms with van der Waals surface area (Å²) in [5.41, 5.74) is 0. The van der Waals surface area contributed by atoms with Gasteiger partial charge in [-0.15, -0.1) is 24.0 Å². The number of ether oxygens (including phenoxy) is 1. The number of hydrogen-bond acceptors (Lipinski definition) is 3. The highest BCUT2D eigenvalue weighted by atomic mass is 127. The summed E-state index contributed by atoms with van der Waals surface area (Å²) in [6.45, 7) is 8.69. The highest BCUT2D eigenvalue weighted by Gasteiger charge is 2.32. The first-order valence-electron chi connectivity index (χ1n) is 8.95. The zero-order valence-electron chi connectivity index (χ0n) is 15.4. The normalized spacial score (nSPS) is 16.1. The van der Waals surface area contributed by atoms with Crippen molar-refractivity contribution in [1.29, 1.82) is 0 Å². The highest BCUT2D eigenvalue weighted by molar-refractivity contribution is 14.0. The minimum Gasteiger partial charge on any atom is -0.381 e. The number of nitrogens with one attached hydrogen (secondary N) is 2. The van der Waals surface area contributed by atoms with Crippen molar-refractivity contribution in [2.45, 2.75) is 52.0 Å². The van der Waals surface area contributed by atoms with Gasteiger partial charge in [0.2, 0.25) is 0 Å². The summed E-state index contributed by atoms with van der Waals surface area (Å²) < 4.78 is 5.58. The number of rotatable bonds is 12. The molecule has 2 N–H and O–H groups in total. The van der Waals surface area contributed by atoms with Gasteiger partial charge in [0.1, 0.15) is 0 Å². The summed E-state index contributed by atoms with van der Waals surface area (Å²) in [6.07, 6.45) is 6.09. The molecule has 1 unspecified atom stereocenters. The molecule has 1 aliphatic carbocycles. The lowest BCUT2D eigenvalue weighted by molar-refractivity contribution is 0.129. The molecule has 1 saturated carbocycles. The average Bonchev–Trinajstić information content (AvgIpc) is 3.30. The maximum absolute atomic E-state index is 5.58. The van der Waals surface area contributed by atoms with Crippen LogP contribution < -0.4 is 10.6 Å². The molecule has 1 fully saturated rings. The molecule has 1 aliphatic rings. The van der Waals surface area contributed by atoms with Crippen LogP contribution in [0.1, 0.15) is 46.0 Å². The molecule has 0 aromatic rings. The second-order valence-corrected chi connectivity index (χ2v) is 6.33. The molecule has 23 heavy (non-hydrogen) atoms. The van der Waals surface area contributed by atoms with E-state index in [9.17, 15) is 0 Å². The van der Waals surface area contributed by atoms with Crippen molar-refractivity contribution in [2.75, 3.05) is 46.9 Å². The second kappa shape index (κ2) is 14.3. The molecular formula is C17H37IN4O. The molecule has 0 saturated heterocycles. The van der Waals surface area contributed by atoms with Crippen LogP contribution in [0.2, 0.25) is 0 Å². The topological polar surface area (TPSA) is 48.9 Å². The molecule has 0 amide bonds. The first kappa shape index (κ1) is 22.9. The van der Waals surface area contributed by atoms with Gasteiger partial charge in [-0.25, -0.2) is 0 Å². The molecule has 138 valence electrons. The van der Waals surface area contributed by atoms with E-state index in [2.05, 4.69) is 43.5 Å². The van der Waals surface area contributed by atoms with Crippen molar-refractivity contribution in [3.8, 4) is 0 Å². The van der Waals surface area contributed by atoms with Crippen LogP contribution in [0.5, 0.6) is 0 Å². The van der Waals surface area contributed by atoms with Crippen molar-refractivity contribution >= 4 is 29.9 Å². The number of unbranched alkanes of at least 4 members (excludes halogenated alkanes) is 1. The fraction of sp³-hybridized carbons (Fsp3) is 0.941. The van der Waals surface area contributed by atoms with Crippen molar-refractivity contribution in [1.82, 2.24) is 15.5 Å². The molecule has 0 aromatic heterocycles. The summed E-state index contributed by atoms with van der Waals surface area (Å²) in [5.74, 6) is 1.78. The second-order valence-electron chi connectivity index (χ2n) is 6.33. The van der Waals surface area contributed by atoms with Crippen LogP contribution >= 0.6 is 24.0 Å². The summed E-state index contributed by atoms with van der Waals surface area (Å²) in [6, 6.07) is 0.577. The zero-order chi connectivity index (χ0) is 16.2. The molecule has 0 spiro atoms. The molecule has 6 heteroatoms. The van der Waals surface area contributed by atoms with Crippen molar-refractivity contribution < 1.29 is 4.74 Å². The predicted octanol–water partition coefficient (Wildman–Crippen LogP) is 2.71. The molecule has 1 atom stereocenters. The number of likely N-dealkylation sites (N-methyl/N-ethyl adjacent to an activating group) is 1. The summed E-state index contributed by atoms with van der Waals surface area (Å²) >= 11 is 0. The maximum Gasteiger partial charge on any atom is 0.191 e. The maximum atomic E-state index is 5.58. The molecule has 1 rings (SSSR count). The van der Waals surface area contributed by atoms with E-state index in [4.69, 9.17) is 9.73 Å². The first-order valence-corrected chi connectivity index (χ1v) is 8.95. The van der Waals surface area contributed by atoms with E-state index in [-0.39, 0.29) is 24.0 Å². The van der Waals surface area contributed by atoms with Crippen LogP contribution in [0.4, 0.5) is 0 Å². The standard InChI is InChI=1S/C17H36N4O.HI/c1-5-7-12-22-13-8-11-19-17(18-6-2)20-14-16(21(3)4)15-9-10-15;/h15-16H,5-14H2,1-4H3,(H2,18,19,20);1H. The van der Waals surface area contributed by atoms with Gasteiger partial charge < -0.3 is 20.3 Å². The molecule has 5 nitrogen and oxygen atoms in total. The lowest BCUT2D eigenvalue weighted by atomic mass is 10.2. The lowest BCUT2D eigenvalue weighted by Crippen LogP contribution is -2.40. The third kappa shape index (κ3) is 11.2. The van der Waals surface area contributed by atoms with E-state index in [0.717, 1.165) is 57.6 Å². The van der Waals surface area contributed by atoms with Gasteiger partial charge in [-0.1, -0.05) is 13.3 Å². The van der Waals surface area contributed by atoms with E-state index in [0.29, 0.717) is 6.04 Å². The first-order chi connectivity index (χ1) is 10.7. The molecule has 0 radical (unpaired) electrons. The Morgan fingerprint density at radius 1 is 1.17 bits per heavy atom. The minimum absolute atomic E-state index is 0. The van der Waals surface area contributed by atoms with Gasteiger partial charge >= 0.3 is 0 Å². The third-order valence-electron chi connectivity index (χ3n) is 4.01. The zero-order valence-corrected chi connectivity index (χ0v) is 17.8. The molecule has 0 aliphatic heterocycles. The Kier molecular flexibility index (Phi) is 14.2. The van der Waals surface area contributed by atoms with Gasteiger partial charge in [-0.2, -0.15) is 0 Å². The van der Waals surface area contributed by atoms with E-state index < -0.39 is 0 Å². The Hall–Kier alpha value is -0.0800. The Morgan fingerprint density at radius 3 is 2.43 bits per heavy atom. The summed E-state index contributed by atoms with van der Waals surface area (Å²) in [7, 11) is 4.32. The van der Waals surface area contributed by atoms with Crippen LogP contribution in [-0.4, -0.2) is 63.8 Å².